The molecule has 2 rings (SSSR count). The largest absolute Gasteiger partial charge is 0.396 e. The molecule has 1 aliphatic rings. The third kappa shape index (κ3) is 5.37. The van der Waals surface area contributed by atoms with Crippen LogP contribution in [0.25, 0.3) is 0 Å². The summed E-state index contributed by atoms with van der Waals surface area (Å²) in [7, 11) is 4.17. The van der Waals surface area contributed by atoms with Crippen LogP contribution < -0.4 is 4.90 Å². The van der Waals surface area contributed by atoms with Crippen molar-refractivity contribution in [3.63, 3.8) is 0 Å². The van der Waals surface area contributed by atoms with Gasteiger partial charge >= 0.3 is 6.18 Å². The van der Waals surface area contributed by atoms with Crippen molar-refractivity contribution in [1.29, 1.82) is 0 Å². The first-order valence-corrected chi connectivity index (χ1v) is 9.05. The topological polar surface area (TPSA) is 6.48 Å². The Morgan fingerprint density at radius 3 is 2.04 bits per heavy atom. The van der Waals surface area contributed by atoms with Crippen molar-refractivity contribution in [2.45, 2.75) is 45.7 Å². The van der Waals surface area contributed by atoms with Gasteiger partial charge in [0.15, 0.2) is 0 Å². The third-order valence-corrected chi connectivity index (χ3v) is 5.23. The molecule has 0 aromatic heterocycles. The number of anilines is 1. The van der Waals surface area contributed by atoms with Crippen molar-refractivity contribution in [3.05, 3.63) is 29.8 Å². The van der Waals surface area contributed by atoms with Crippen LogP contribution in [0.4, 0.5) is 18.9 Å². The average molecular weight is 356 g/mol. The molecule has 0 spiro atoms. The molecule has 0 amide bonds. The van der Waals surface area contributed by atoms with Crippen molar-refractivity contribution in [1.82, 2.24) is 4.90 Å². The molecule has 1 saturated heterocycles. The van der Waals surface area contributed by atoms with Crippen LogP contribution >= 0.6 is 0 Å². The minimum Gasteiger partial charge on any atom is -0.374 e. The van der Waals surface area contributed by atoms with Crippen molar-refractivity contribution in [2.24, 2.45) is 11.3 Å². The molecule has 1 aromatic rings. The summed E-state index contributed by atoms with van der Waals surface area (Å²) in [4.78, 5) is 4.51. The molecule has 0 radical (unpaired) electrons. The molecule has 5 heteroatoms. The Morgan fingerprint density at radius 1 is 1.08 bits per heavy atom. The van der Waals surface area contributed by atoms with Gasteiger partial charge < -0.3 is 9.80 Å². The first-order chi connectivity index (χ1) is 11.5. The van der Waals surface area contributed by atoms with E-state index >= 15 is 0 Å². The minimum atomic E-state index is -4.24. The van der Waals surface area contributed by atoms with E-state index in [-0.39, 0.29) is 0 Å². The summed E-state index contributed by atoms with van der Waals surface area (Å²) in [6.45, 7) is 8.13. The second kappa shape index (κ2) is 7.56. The Labute approximate surface area is 150 Å². The number of alkyl halides is 3. The van der Waals surface area contributed by atoms with Crippen molar-refractivity contribution in [3.8, 4) is 0 Å². The molecule has 0 bridgehead atoms. The molecular formula is C20H31F3N2. The normalized spacial score (nSPS) is 19.0. The zero-order valence-corrected chi connectivity index (χ0v) is 16.0. The van der Waals surface area contributed by atoms with Crippen LogP contribution in [0.5, 0.6) is 0 Å². The lowest BCUT2D eigenvalue weighted by molar-refractivity contribution is -0.171. The van der Waals surface area contributed by atoms with Crippen LogP contribution in [0.15, 0.2) is 24.3 Å². The number of halogens is 3. The SMILES string of the molecule is CN1CCC(CN(C)c2ccc(C(C(C)(C)C)C(F)(F)F)cc2)CC1. The second-order valence-corrected chi connectivity index (χ2v) is 8.56. The maximum Gasteiger partial charge on any atom is 0.396 e. The van der Waals surface area contributed by atoms with Gasteiger partial charge in [-0.2, -0.15) is 13.2 Å². The number of benzene rings is 1. The monoisotopic (exact) mass is 356 g/mol. The van der Waals surface area contributed by atoms with Gasteiger partial charge in [-0.3, -0.25) is 0 Å². The average Bonchev–Trinajstić information content (AvgIpc) is 2.47. The summed E-state index contributed by atoms with van der Waals surface area (Å²) >= 11 is 0. The predicted molar refractivity (Wildman–Crippen MR) is 98.2 cm³/mol. The van der Waals surface area contributed by atoms with Crippen molar-refractivity contribution >= 4 is 5.69 Å². The van der Waals surface area contributed by atoms with Gasteiger partial charge in [0.2, 0.25) is 0 Å². The number of hydrogen-bond donors (Lipinski definition) is 0. The van der Waals surface area contributed by atoms with E-state index in [0.717, 1.165) is 25.3 Å². The standard InChI is InChI=1S/C20H31F3N2/c1-19(2,3)18(20(21,22)23)16-6-8-17(9-7-16)25(5)14-15-10-12-24(4)13-11-15/h6-9,15,18H,10-14H2,1-5H3. The fourth-order valence-corrected chi connectivity index (χ4v) is 3.84. The molecule has 142 valence electrons. The number of hydrogen-bond acceptors (Lipinski definition) is 2. The third-order valence-electron chi connectivity index (χ3n) is 5.23. The number of likely N-dealkylation sites (tertiary alicyclic amines) is 1. The molecule has 0 N–H and O–H groups in total. The van der Waals surface area contributed by atoms with Gasteiger partial charge in [-0.25, -0.2) is 0 Å². The predicted octanol–water partition coefficient (Wildman–Crippen LogP) is 5.16. The molecule has 1 atom stereocenters. The molecule has 0 aliphatic carbocycles. The van der Waals surface area contributed by atoms with Gasteiger partial charge in [0.25, 0.3) is 0 Å². The van der Waals surface area contributed by atoms with Crippen LogP contribution in [0, 0.1) is 11.3 Å². The van der Waals surface area contributed by atoms with Gasteiger partial charge in [0, 0.05) is 19.3 Å². The molecule has 1 heterocycles. The number of rotatable bonds is 4. The van der Waals surface area contributed by atoms with E-state index in [1.54, 1.807) is 32.9 Å². The second-order valence-electron chi connectivity index (χ2n) is 8.56. The van der Waals surface area contributed by atoms with Gasteiger partial charge in [-0.1, -0.05) is 32.9 Å². The van der Waals surface area contributed by atoms with E-state index in [1.165, 1.54) is 12.8 Å². The zero-order valence-electron chi connectivity index (χ0n) is 16.0. The molecule has 0 saturated carbocycles. The highest BCUT2D eigenvalue weighted by Gasteiger charge is 2.47. The summed E-state index contributed by atoms with van der Waals surface area (Å²) in [5.41, 5.74) is 0.466. The first-order valence-electron chi connectivity index (χ1n) is 9.05. The van der Waals surface area contributed by atoms with Crippen LogP contribution in [-0.2, 0) is 0 Å². The van der Waals surface area contributed by atoms with E-state index < -0.39 is 17.5 Å². The first kappa shape index (κ1) is 20.1. The molecule has 25 heavy (non-hydrogen) atoms. The number of nitrogens with zero attached hydrogens (tertiary/aromatic N) is 2. The van der Waals surface area contributed by atoms with Crippen LogP contribution in [0.1, 0.15) is 45.1 Å². The Kier molecular flexibility index (Phi) is 6.08. The van der Waals surface area contributed by atoms with Crippen LogP contribution in [-0.4, -0.2) is 44.8 Å². The fourth-order valence-electron chi connectivity index (χ4n) is 3.84. The van der Waals surface area contributed by atoms with Gasteiger partial charge in [-0.15, -0.1) is 0 Å². The summed E-state index contributed by atoms with van der Waals surface area (Å²) in [5.74, 6) is -0.799. The Bertz CT molecular complexity index is 524. The van der Waals surface area contributed by atoms with Gasteiger partial charge in [0.1, 0.15) is 0 Å². The Hall–Kier alpha value is -1.23. The summed E-state index contributed by atoms with van der Waals surface area (Å²) in [6, 6.07) is 6.94. The van der Waals surface area contributed by atoms with E-state index in [4.69, 9.17) is 0 Å². The molecule has 1 fully saturated rings. The number of piperidine rings is 1. The molecule has 1 aromatic carbocycles. The molecule has 1 aliphatic heterocycles. The Balaban J connectivity index is 2.08. The summed E-state index contributed by atoms with van der Waals surface area (Å²) in [5, 5.41) is 0. The van der Waals surface area contributed by atoms with Gasteiger partial charge in [-0.05, 0) is 62.0 Å². The van der Waals surface area contributed by atoms with Crippen LogP contribution in [0.2, 0.25) is 0 Å². The lowest BCUT2D eigenvalue weighted by Crippen LogP contribution is -2.35. The maximum atomic E-state index is 13.5. The van der Waals surface area contributed by atoms with Gasteiger partial charge in [0.05, 0.1) is 5.92 Å². The molecule has 1 unspecified atom stereocenters. The fraction of sp³-hybridized carbons (Fsp3) is 0.700. The molecule has 2 nitrogen and oxygen atoms in total. The lowest BCUT2D eigenvalue weighted by Gasteiger charge is -2.34. The highest BCUT2D eigenvalue weighted by atomic mass is 19.4. The quantitative estimate of drug-likeness (QED) is 0.735. The van der Waals surface area contributed by atoms with E-state index in [2.05, 4.69) is 16.8 Å². The lowest BCUT2D eigenvalue weighted by atomic mass is 9.76. The minimum absolute atomic E-state index is 0.344. The smallest absolute Gasteiger partial charge is 0.374 e. The van der Waals surface area contributed by atoms with Crippen molar-refractivity contribution in [2.75, 3.05) is 38.6 Å². The maximum absolute atomic E-state index is 13.5. The van der Waals surface area contributed by atoms with Crippen LogP contribution in [0.3, 0.4) is 0 Å². The highest BCUT2D eigenvalue weighted by molar-refractivity contribution is 5.47. The molecular weight excluding hydrogens is 325 g/mol. The Morgan fingerprint density at radius 2 is 1.60 bits per heavy atom. The zero-order chi connectivity index (χ0) is 18.8. The van der Waals surface area contributed by atoms with E-state index in [0.29, 0.717) is 11.5 Å². The summed E-state index contributed by atoms with van der Waals surface area (Å²) < 4.78 is 40.5. The highest BCUT2D eigenvalue weighted by Crippen LogP contribution is 2.46. The van der Waals surface area contributed by atoms with E-state index in [9.17, 15) is 13.2 Å². The van der Waals surface area contributed by atoms with E-state index in [1.807, 2.05) is 19.2 Å². The summed E-state index contributed by atoms with van der Waals surface area (Å²) in [6.07, 6.45) is -1.88. The van der Waals surface area contributed by atoms with Crippen molar-refractivity contribution < 1.29 is 13.2 Å².